The Morgan fingerprint density at radius 3 is 1.71 bits per heavy atom. The zero-order valence-corrected chi connectivity index (χ0v) is 3.76. The van der Waals surface area contributed by atoms with Crippen LogP contribution in [-0.2, 0) is 0 Å². The minimum absolute atomic E-state index is 0.475. The second kappa shape index (κ2) is 1.75. The Hall–Kier alpha value is -0.160. The van der Waals surface area contributed by atoms with Gasteiger partial charge in [0.15, 0.2) is 0 Å². The van der Waals surface area contributed by atoms with Crippen LogP contribution in [0.2, 0.25) is 0 Å². The number of hydrogen-bond donors (Lipinski definition) is 4. The van der Waals surface area contributed by atoms with E-state index in [2.05, 4.69) is 10.6 Å². The first-order chi connectivity index (χ1) is 3.30. The van der Waals surface area contributed by atoms with Gasteiger partial charge in [-0.3, -0.25) is 10.6 Å². The van der Waals surface area contributed by atoms with Crippen molar-refractivity contribution < 1.29 is 10.2 Å². The monoisotopic (exact) mass is 104 g/mol. The molecule has 0 saturated carbocycles. The third-order valence-electron chi connectivity index (χ3n) is 0.921. The van der Waals surface area contributed by atoms with E-state index in [4.69, 9.17) is 10.2 Å². The molecule has 1 aliphatic heterocycles. The number of nitrogens with one attached hydrogen (secondary N) is 2. The molecule has 0 aliphatic carbocycles. The average Bonchev–Trinajstić information content (AvgIpc) is 1.91. The fraction of sp³-hybridized carbons (Fsp3) is 1.00. The standard InChI is InChI=1S/C3H8N2O2/c6-2-3(7)5-1-4-2/h2-7H,1H2. The summed E-state index contributed by atoms with van der Waals surface area (Å²) in [5, 5.41) is 22.3. The van der Waals surface area contributed by atoms with E-state index in [1.54, 1.807) is 0 Å². The lowest BCUT2D eigenvalue weighted by Gasteiger charge is -2.03. The van der Waals surface area contributed by atoms with Gasteiger partial charge in [-0.25, -0.2) is 0 Å². The Balaban J connectivity index is 2.33. The Labute approximate surface area is 41.2 Å². The molecule has 0 aromatic rings. The molecule has 0 radical (unpaired) electrons. The molecular formula is C3H8N2O2. The first-order valence-corrected chi connectivity index (χ1v) is 2.13. The zero-order chi connectivity index (χ0) is 5.28. The molecule has 4 N–H and O–H groups in total. The minimum atomic E-state index is -0.792. The predicted octanol–water partition coefficient (Wildman–Crippen LogP) is -2.23. The van der Waals surface area contributed by atoms with Crippen LogP contribution in [0.1, 0.15) is 0 Å². The summed E-state index contributed by atoms with van der Waals surface area (Å²) < 4.78 is 0. The fourth-order valence-electron chi connectivity index (χ4n) is 0.491. The van der Waals surface area contributed by atoms with Crippen LogP contribution in [0.4, 0.5) is 0 Å². The lowest BCUT2D eigenvalue weighted by molar-refractivity contribution is 0.0215. The van der Waals surface area contributed by atoms with E-state index in [1.807, 2.05) is 0 Å². The van der Waals surface area contributed by atoms with Crippen molar-refractivity contribution in [2.75, 3.05) is 6.67 Å². The molecule has 1 heterocycles. The molecule has 0 spiro atoms. The van der Waals surface area contributed by atoms with Gasteiger partial charge in [0.25, 0.3) is 0 Å². The maximum atomic E-state index is 8.57. The highest BCUT2D eigenvalue weighted by Gasteiger charge is 2.19. The van der Waals surface area contributed by atoms with E-state index in [1.165, 1.54) is 0 Å². The number of aliphatic hydroxyl groups is 2. The van der Waals surface area contributed by atoms with Crippen LogP contribution < -0.4 is 10.6 Å². The molecule has 0 bridgehead atoms. The lowest BCUT2D eigenvalue weighted by Crippen LogP contribution is -2.32. The molecule has 42 valence electrons. The highest BCUT2D eigenvalue weighted by Crippen LogP contribution is 1.88. The average molecular weight is 104 g/mol. The van der Waals surface area contributed by atoms with Gasteiger partial charge in [-0.05, 0) is 0 Å². The zero-order valence-electron chi connectivity index (χ0n) is 3.76. The Morgan fingerprint density at radius 2 is 1.57 bits per heavy atom. The van der Waals surface area contributed by atoms with Crippen molar-refractivity contribution in [3.8, 4) is 0 Å². The highest BCUT2D eigenvalue weighted by molar-refractivity contribution is 4.68. The minimum Gasteiger partial charge on any atom is -0.374 e. The van der Waals surface area contributed by atoms with Crippen molar-refractivity contribution in [2.45, 2.75) is 12.5 Å². The Bertz CT molecular complexity index is 60.0. The van der Waals surface area contributed by atoms with Crippen LogP contribution in [-0.4, -0.2) is 29.3 Å². The second-order valence-corrected chi connectivity index (χ2v) is 1.47. The van der Waals surface area contributed by atoms with E-state index < -0.39 is 12.5 Å². The first-order valence-electron chi connectivity index (χ1n) is 2.13. The van der Waals surface area contributed by atoms with Crippen molar-refractivity contribution in [3.63, 3.8) is 0 Å². The molecule has 0 aromatic carbocycles. The summed E-state index contributed by atoms with van der Waals surface area (Å²) in [5.41, 5.74) is 0. The predicted molar refractivity (Wildman–Crippen MR) is 23.2 cm³/mol. The largest absolute Gasteiger partial charge is 0.374 e. The van der Waals surface area contributed by atoms with Crippen LogP contribution in [0.25, 0.3) is 0 Å². The molecule has 7 heavy (non-hydrogen) atoms. The van der Waals surface area contributed by atoms with Gasteiger partial charge in [-0.2, -0.15) is 0 Å². The van der Waals surface area contributed by atoms with E-state index in [0.717, 1.165) is 0 Å². The molecule has 4 heteroatoms. The molecule has 1 fully saturated rings. The molecule has 2 unspecified atom stereocenters. The van der Waals surface area contributed by atoms with Crippen molar-refractivity contribution in [1.82, 2.24) is 10.6 Å². The van der Waals surface area contributed by atoms with Gasteiger partial charge < -0.3 is 10.2 Å². The van der Waals surface area contributed by atoms with E-state index in [9.17, 15) is 0 Å². The summed E-state index contributed by atoms with van der Waals surface area (Å²) in [6.07, 6.45) is -1.58. The van der Waals surface area contributed by atoms with E-state index in [0.29, 0.717) is 6.67 Å². The maximum absolute atomic E-state index is 8.57. The van der Waals surface area contributed by atoms with Crippen molar-refractivity contribution in [2.24, 2.45) is 0 Å². The summed E-state index contributed by atoms with van der Waals surface area (Å²) in [6, 6.07) is 0. The van der Waals surface area contributed by atoms with Gasteiger partial charge in [0.1, 0.15) is 12.5 Å². The molecule has 0 amide bonds. The molecule has 0 aromatic heterocycles. The summed E-state index contributed by atoms with van der Waals surface area (Å²) in [6.45, 7) is 0.475. The highest BCUT2D eigenvalue weighted by atomic mass is 16.4. The Morgan fingerprint density at radius 1 is 1.14 bits per heavy atom. The van der Waals surface area contributed by atoms with E-state index in [-0.39, 0.29) is 0 Å². The normalized spacial score (nSPS) is 42.0. The summed E-state index contributed by atoms with van der Waals surface area (Å²) in [7, 11) is 0. The van der Waals surface area contributed by atoms with Crippen molar-refractivity contribution >= 4 is 0 Å². The van der Waals surface area contributed by atoms with Gasteiger partial charge in [0, 0.05) is 6.67 Å². The number of aliphatic hydroxyl groups excluding tert-OH is 2. The van der Waals surface area contributed by atoms with Crippen molar-refractivity contribution in [1.29, 1.82) is 0 Å². The first kappa shape index (κ1) is 4.99. The van der Waals surface area contributed by atoms with Gasteiger partial charge in [0.05, 0.1) is 0 Å². The SMILES string of the molecule is OC1NCNC1O. The van der Waals surface area contributed by atoms with Crippen molar-refractivity contribution in [3.05, 3.63) is 0 Å². The fourth-order valence-corrected chi connectivity index (χ4v) is 0.491. The number of rotatable bonds is 0. The smallest absolute Gasteiger partial charge is 0.145 e. The maximum Gasteiger partial charge on any atom is 0.145 e. The van der Waals surface area contributed by atoms with Gasteiger partial charge in [0.2, 0.25) is 0 Å². The van der Waals surface area contributed by atoms with Gasteiger partial charge >= 0.3 is 0 Å². The Kier molecular flexibility index (Phi) is 1.25. The second-order valence-electron chi connectivity index (χ2n) is 1.47. The molecular weight excluding hydrogens is 96.0 g/mol. The third-order valence-corrected chi connectivity index (χ3v) is 0.921. The van der Waals surface area contributed by atoms with Gasteiger partial charge in [-0.15, -0.1) is 0 Å². The molecule has 1 saturated heterocycles. The van der Waals surface area contributed by atoms with E-state index >= 15 is 0 Å². The summed E-state index contributed by atoms with van der Waals surface area (Å²) >= 11 is 0. The van der Waals surface area contributed by atoms with Crippen LogP contribution >= 0.6 is 0 Å². The van der Waals surface area contributed by atoms with Crippen LogP contribution in [0, 0.1) is 0 Å². The van der Waals surface area contributed by atoms with Crippen LogP contribution in [0.3, 0.4) is 0 Å². The summed E-state index contributed by atoms with van der Waals surface area (Å²) in [4.78, 5) is 0. The molecule has 4 nitrogen and oxygen atoms in total. The topological polar surface area (TPSA) is 64.5 Å². The molecule has 2 atom stereocenters. The summed E-state index contributed by atoms with van der Waals surface area (Å²) in [5.74, 6) is 0. The van der Waals surface area contributed by atoms with Crippen LogP contribution in [0.5, 0.6) is 0 Å². The molecule has 1 rings (SSSR count). The molecule has 1 aliphatic rings. The quantitative estimate of drug-likeness (QED) is 0.281. The van der Waals surface area contributed by atoms with Crippen LogP contribution in [0.15, 0.2) is 0 Å². The third kappa shape index (κ3) is 0.889. The lowest BCUT2D eigenvalue weighted by atomic mass is 10.5. The van der Waals surface area contributed by atoms with Gasteiger partial charge in [-0.1, -0.05) is 0 Å². The number of hydrogen-bond acceptors (Lipinski definition) is 4.